The molecular weight excluding hydrogens is 324 g/mol. The Morgan fingerprint density at radius 1 is 1.12 bits per heavy atom. The number of rotatable bonds is 4. The molecule has 2 aromatic heterocycles. The lowest BCUT2D eigenvalue weighted by atomic mass is 10.1. The molecule has 6 heteroatoms. The van der Waals surface area contributed by atoms with Crippen LogP contribution < -0.4 is 5.32 Å². The molecule has 0 saturated heterocycles. The minimum Gasteiger partial charge on any atom is -0.465 e. The van der Waals surface area contributed by atoms with Crippen molar-refractivity contribution in [3.8, 4) is 10.4 Å². The molecule has 1 aromatic carbocycles. The third kappa shape index (κ3) is 3.33. The molecule has 0 bridgehead atoms. The maximum absolute atomic E-state index is 12.3. The van der Waals surface area contributed by atoms with Gasteiger partial charge in [0.1, 0.15) is 5.00 Å². The molecule has 0 aliphatic rings. The Morgan fingerprint density at radius 3 is 2.58 bits per heavy atom. The first-order valence-corrected chi connectivity index (χ1v) is 7.99. The Hall–Kier alpha value is -2.99. The number of thiophene rings is 1. The molecule has 0 aliphatic carbocycles. The number of nitrogens with one attached hydrogen (secondary N) is 1. The second-order valence-electron chi connectivity index (χ2n) is 4.91. The number of nitrogens with zero attached hydrogens (tertiary/aromatic N) is 1. The van der Waals surface area contributed by atoms with Crippen LogP contribution in [0.5, 0.6) is 0 Å². The van der Waals surface area contributed by atoms with Gasteiger partial charge >= 0.3 is 5.97 Å². The summed E-state index contributed by atoms with van der Waals surface area (Å²) in [5, 5.41) is 3.22. The van der Waals surface area contributed by atoms with E-state index in [1.165, 1.54) is 24.6 Å². The number of anilines is 1. The maximum Gasteiger partial charge on any atom is 0.340 e. The molecule has 2 heterocycles. The summed E-state index contributed by atoms with van der Waals surface area (Å²) in [7, 11) is 1.31. The molecule has 1 amide bonds. The highest BCUT2D eigenvalue weighted by Gasteiger charge is 2.19. The monoisotopic (exact) mass is 338 g/mol. The fourth-order valence-corrected chi connectivity index (χ4v) is 3.21. The highest BCUT2D eigenvalue weighted by molar-refractivity contribution is 7.20. The van der Waals surface area contributed by atoms with Crippen molar-refractivity contribution in [2.45, 2.75) is 0 Å². The summed E-state index contributed by atoms with van der Waals surface area (Å²) in [5.41, 5.74) is 1.72. The molecule has 0 saturated carbocycles. The quantitative estimate of drug-likeness (QED) is 0.734. The van der Waals surface area contributed by atoms with Gasteiger partial charge in [-0.05, 0) is 23.8 Å². The molecule has 0 radical (unpaired) electrons. The zero-order chi connectivity index (χ0) is 16.9. The Kier molecular flexibility index (Phi) is 4.67. The second kappa shape index (κ2) is 7.06. The van der Waals surface area contributed by atoms with Gasteiger partial charge in [0, 0.05) is 17.3 Å². The van der Waals surface area contributed by atoms with Crippen LogP contribution in [0.3, 0.4) is 0 Å². The Labute approximate surface area is 142 Å². The van der Waals surface area contributed by atoms with Crippen LogP contribution in [0.15, 0.2) is 60.9 Å². The molecule has 3 aromatic rings. The molecular formula is C18H14N2O3S. The van der Waals surface area contributed by atoms with E-state index in [2.05, 4.69) is 10.3 Å². The summed E-state index contributed by atoms with van der Waals surface area (Å²) in [6, 6.07) is 14.7. The van der Waals surface area contributed by atoms with Gasteiger partial charge in [-0.1, -0.05) is 30.3 Å². The Balaban J connectivity index is 1.95. The van der Waals surface area contributed by atoms with E-state index in [4.69, 9.17) is 4.74 Å². The normalized spacial score (nSPS) is 10.2. The number of ether oxygens (including phenoxy) is 1. The molecule has 5 nitrogen and oxygen atoms in total. The number of benzene rings is 1. The number of hydrogen-bond acceptors (Lipinski definition) is 5. The lowest BCUT2D eigenvalue weighted by Gasteiger charge is -2.04. The molecule has 120 valence electrons. The molecule has 0 aliphatic heterocycles. The van der Waals surface area contributed by atoms with Gasteiger partial charge in [0.2, 0.25) is 0 Å². The van der Waals surface area contributed by atoms with Crippen molar-refractivity contribution in [1.82, 2.24) is 4.98 Å². The molecule has 0 unspecified atom stereocenters. The Bertz CT molecular complexity index is 860. The van der Waals surface area contributed by atoms with Gasteiger partial charge in [0.15, 0.2) is 0 Å². The average Bonchev–Trinajstić information content (AvgIpc) is 3.06. The molecule has 24 heavy (non-hydrogen) atoms. The zero-order valence-corrected chi connectivity index (χ0v) is 13.7. The van der Waals surface area contributed by atoms with Crippen molar-refractivity contribution in [2.24, 2.45) is 0 Å². The first-order chi connectivity index (χ1) is 11.7. The van der Waals surface area contributed by atoms with Crippen molar-refractivity contribution in [2.75, 3.05) is 12.4 Å². The van der Waals surface area contributed by atoms with Crippen LogP contribution in [0.4, 0.5) is 5.00 Å². The van der Waals surface area contributed by atoms with Crippen molar-refractivity contribution < 1.29 is 14.3 Å². The zero-order valence-electron chi connectivity index (χ0n) is 12.9. The summed E-state index contributed by atoms with van der Waals surface area (Å²) in [6.45, 7) is 0. The van der Waals surface area contributed by atoms with E-state index < -0.39 is 5.97 Å². The molecule has 1 N–H and O–H groups in total. The number of carbonyl (C=O) groups is 2. The Morgan fingerprint density at radius 2 is 1.92 bits per heavy atom. The van der Waals surface area contributed by atoms with Crippen LogP contribution >= 0.6 is 11.3 Å². The van der Waals surface area contributed by atoms with Crippen LogP contribution in [0.25, 0.3) is 10.4 Å². The molecule has 0 atom stereocenters. The van der Waals surface area contributed by atoms with E-state index >= 15 is 0 Å². The number of methoxy groups -OCH3 is 1. The van der Waals surface area contributed by atoms with Gasteiger partial charge in [-0.2, -0.15) is 0 Å². The summed E-state index contributed by atoms with van der Waals surface area (Å²) in [6.07, 6.45) is 3.06. The number of esters is 1. The summed E-state index contributed by atoms with van der Waals surface area (Å²) >= 11 is 1.33. The first-order valence-electron chi connectivity index (χ1n) is 7.18. The third-order valence-electron chi connectivity index (χ3n) is 3.35. The van der Waals surface area contributed by atoms with E-state index in [1.54, 1.807) is 24.4 Å². The second-order valence-corrected chi connectivity index (χ2v) is 5.96. The van der Waals surface area contributed by atoms with Crippen LogP contribution in [-0.4, -0.2) is 24.0 Å². The van der Waals surface area contributed by atoms with E-state index in [0.29, 0.717) is 16.1 Å². The maximum atomic E-state index is 12.3. The third-order valence-corrected chi connectivity index (χ3v) is 4.45. The van der Waals surface area contributed by atoms with Crippen molar-refractivity contribution >= 4 is 28.2 Å². The van der Waals surface area contributed by atoms with Crippen LogP contribution in [0.2, 0.25) is 0 Å². The lowest BCUT2D eigenvalue weighted by Crippen LogP contribution is -2.13. The highest BCUT2D eigenvalue weighted by Crippen LogP contribution is 2.36. The smallest absolute Gasteiger partial charge is 0.340 e. The molecule has 0 fully saturated rings. The van der Waals surface area contributed by atoms with Crippen molar-refractivity contribution in [1.29, 1.82) is 0 Å². The van der Waals surface area contributed by atoms with Gasteiger partial charge in [-0.25, -0.2) is 4.79 Å². The number of amides is 1. The van der Waals surface area contributed by atoms with Crippen LogP contribution in [-0.2, 0) is 4.74 Å². The van der Waals surface area contributed by atoms with Gasteiger partial charge < -0.3 is 10.1 Å². The number of carbonyl (C=O) groups excluding carboxylic acids is 2. The van der Waals surface area contributed by atoms with Gasteiger partial charge in [0.25, 0.3) is 5.91 Å². The summed E-state index contributed by atoms with van der Waals surface area (Å²) in [4.78, 5) is 29.1. The minimum absolute atomic E-state index is 0.324. The molecule has 0 spiro atoms. The van der Waals surface area contributed by atoms with E-state index in [0.717, 1.165) is 10.4 Å². The fraction of sp³-hybridized carbons (Fsp3) is 0.0556. The summed E-state index contributed by atoms with van der Waals surface area (Å²) in [5.74, 6) is -0.815. The summed E-state index contributed by atoms with van der Waals surface area (Å²) < 4.78 is 4.82. The van der Waals surface area contributed by atoms with Gasteiger partial charge in [0.05, 0.1) is 18.2 Å². The number of hydrogen-bond donors (Lipinski definition) is 1. The standard InChI is InChI=1S/C18H14N2O3S/c1-23-18(22)14-10-15(12-6-3-2-4-7-12)24-17(14)20-16(21)13-8-5-9-19-11-13/h2-11H,1H3,(H,20,21). The van der Waals surface area contributed by atoms with Crippen LogP contribution in [0, 0.1) is 0 Å². The minimum atomic E-state index is -0.491. The largest absolute Gasteiger partial charge is 0.465 e. The van der Waals surface area contributed by atoms with Crippen LogP contribution in [0.1, 0.15) is 20.7 Å². The van der Waals surface area contributed by atoms with Gasteiger partial charge in [-0.15, -0.1) is 11.3 Å². The van der Waals surface area contributed by atoms with E-state index in [9.17, 15) is 9.59 Å². The number of pyridine rings is 1. The van der Waals surface area contributed by atoms with Gasteiger partial charge in [-0.3, -0.25) is 9.78 Å². The average molecular weight is 338 g/mol. The SMILES string of the molecule is COC(=O)c1cc(-c2ccccc2)sc1NC(=O)c1cccnc1. The fourth-order valence-electron chi connectivity index (χ4n) is 2.16. The lowest BCUT2D eigenvalue weighted by molar-refractivity contribution is 0.0602. The first kappa shape index (κ1) is 15.9. The topological polar surface area (TPSA) is 68.3 Å². The van der Waals surface area contributed by atoms with Crippen molar-refractivity contribution in [3.63, 3.8) is 0 Å². The predicted octanol–water partition coefficient (Wildman–Crippen LogP) is 3.85. The highest BCUT2D eigenvalue weighted by atomic mass is 32.1. The number of aromatic nitrogens is 1. The van der Waals surface area contributed by atoms with E-state index in [-0.39, 0.29) is 5.91 Å². The predicted molar refractivity (Wildman–Crippen MR) is 93.3 cm³/mol. The van der Waals surface area contributed by atoms with Crippen molar-refractivity contribution in [3.05, 3.63) is 72.1 Å². The van der Waals surface area contributed by atoms with E-state index in [1.807, 2.05) is 30.3 Å². The molecule has 3 rings (SSSR count).